The van der Waals surface area contributed by atoms with Crippen LogP contribution in [0.4, 0.5) is 11.4 Å². The van der Waals surface area contributed by atoms with Gasteiger partial charge in [-0.3, -0.25) is 14.5 Å². The Morgan fingerprint density at radius 2 is 1.62 bits per heavy atom. The predicted molar refractivity (Wildman–Crippen MR) is 199 cm³/mol. The number of anilines is 2. The zero-order valence-corrected chi connectivity index (χ0v) is 29.1. The maximum absolute atomic E-state index is 14.0. The number of carboxylic acids is 1. The molecule has 4 aromatic carbocycles. The van der Waals surface area contributed by atoms with Crippen molar-refractivity contribution in [2.45, 2.75) is 32.4 Å². The highest BCUT2D eigenvalue weighted by molar-refractivity contribution is 6.30. The number of aromatic nitrogens is 1. The van der Waals surface area contributed by atoms with Gasteiger partial charge >= 0.3 is 5.97 Å². The number of ether oxygens (including phenoxy) is 2. The largest absolute Gasteiger partial charge is 0.495 e. The number of aliphatic carboxylic acids is 1. The molecule has 1 aliphatic rings. The van der Waals surface area contributed by atoms with Crippen LogP contribution in [0, 0.1) is 0 Å². The van der Waals surface area contributed by atoms with Crippen LogP contribution in [0.25, 0.3) is 10.9 Å². The SMILES string of the molecule is COc1ccccc1N1CCN(CCCOc2cc(C(=O)c3cn(CCCC(=O)O)c4ccccc34)ccc2NCc2ccc(Cl)cc2)CC1. The number of methoxy groups -OCH3 is 1. The van der Waals surface area contributed by atoms with Gasteiger partial charge in [-0.15, -0.1) is 0 Å². The molecular formula is C40H43ClN4O5. The fourth-order valence-electron chi connectivity index (χ4n) is 6.47. The molecule has 0 unspecified atom stereocenters. The van der Waals surface area contributed by atoms with Crippen LogP contribution in [0.2, 0.25) is 5.02 Å². The Hall–Kier alpha value is -4.99. The van der Waals surface area contributed by atoms with E-state index in [-0.39, 0.29) is 12.2 Å². The number of carbonyl (C=O) groups excluding carboxylic acids is 1. The number of para-hydroxylation sites is 3. The lowest BCUT2D eigenvalue weighted by Gasteiger charge is -2.36. The molecule has 10 heteroatoms. The third-order valence-corrected chi connectivity index (χ3v) is 9.39. The number of nitrogens with zero attached hydrogens (tertiary/aromatic N) is 3. The van der Waals surface area contributed by atoms with E-state index in [2.05, 4.69) is 21.2 Å². The van der Waals surface area contributed by atoms with E-state index in [4.69, 9.17) is 26.2 Å². The second-order valence-electron chi connectivity index (χ2n) is 12.5. The van der Waals surface area contributed by atoms with Crippen molar-refractivity contribution in [1.29, 1.82) is 0 Å². The van der Waals surface area contributed by atoms with Crippen molar-refractivity contribution in [3.05, 3.63) is 119 Å². The van der Waals surface area contributed by atoms with E-state index in [9.17, 15) is 9.59 Å². The second kappa shape index (κ2) is 16.6. The van der Waals surface area contributed by atoms with Gasteiger partial charge < -0.3 is 29.4 Å². The number of carboxylic acid groups (broad SMARTS) is 1. The summed E-state index contributed by atoms with van der Waals surface area (Å²) in [5.74, 6) is 0.579. The Bertz CT molecular complexity index is 1920. The van der Waals surface area contributed by atoms with Gasteiger partial charge in [0.15, 0.2) is 5.78 Å². The summed E-state index contributed by atoms with van der Waals surface area (Å²) in [4.78, 5) is 30.0. The van der Waals surface area contributed by atoms with Crippen LogP contribution in [0.5, 0.6) is 11.5 Å². The Morgan fingerprint density at radius 1 is 0.860 bits per heavy atom. The summed E-state index contributed by atoms with van der Waals surface area (Å²) < 4.78 is 13.9. The molecular weight excluding hydrogens is 652 g/mol. The maximum atomic E-state index is 14.0. The molecule has 260 valence electrons. The van der Waals surface area contributed by atoms with Crippen LogP contribution >= 0.6 is 11.6 Å². The Morgan fingerprint density at radius 3 is 2.40 bits per heavy atom. The summed E-state index contributed by atoms with van der Waals surface area (Å²) in [6.45, 7) is 6.27. The number of benzene rings is 4. The number of piperazine rings is 1. The van der Waals surface area contributed by atoms with Gasteiger partial charge in [0.2, 0.25) is 0 Å². The molecule has 0 spiro atoms. The van der Waals surface area contributed by atoms with Gasteiger partial charge in [-0.05, 0) is 66.9 Å². The molecule has 1 saturated heterocycles. The lowest BCUT2D eigenvalue weighted by atomic mass is 10.0. The first kappa shape index (κ1) is 34.9. The van der Waals surface area contributed by atoms with Crippen LogP contribution in [-0.2, 0) is 17.9 Å². The molecule has 9 nitrogen and oxygen atoms in total. The van der Waals surface area contributed by atoms with Gasteiger partial charge in [0.1, 0.15) is 11.5 Å². The highest BCUT2D eigenvalue weighted by atomic mass is 35.5. The van der Waals surface area contributed by atoms with Crippen molar-refractivity contribution in [2.75, 3.05) is 56.7 Å². The first-order valence-electron chi connectivity index (χ1n) is 17.1. The minimum absolute atomic E-state index is 0.0695. The molecule has 1 aliphatic heterocycles. The summed E-state index contributed by atoms with van der Waals surface area (Å²) >= 11 is 6.09. The quantitative estimate of drug-likeness (QED) is 0.0806. The van der Waals surface area contributed by atoms with E-state index in [0.717, 1.165) is 72.7 Å². The summed E-state index contributed by atoms with van der Waals surface area (Å²) in [5, 5.41) is 14.1. The standard InChI is InChI=1S/C40H43ClN4O5/c1-49-37-11-5-4-10-36(37)44-23-21-43(22-24-44)19-7-25-50-38-26-30(15-18-34(38)42-27-29-13-16-31(41)17-14-29)40(48)33-28-45(20-6-12-39(46)47)35-9-3-2-8-32(33)35/h2-5,8-11,13-18,26,28,42H,6-7,12,19-25,27H2,1H3,(H,46,47). The van der Waals surface area contributed by atoms with Gasteiger partial charge in [-0.1, -0.05) is 54.1 Å². The zero-order valence-electron chi connectivity index (χ0n) is 28.3. The predicted octanol–water partition coefficient (Wildman–Crippen LogP) is 7.60. The highest BCUT2D eigenvalue weighted by Crippen LogP contribution is 2.31. The van der Waals surface area contributed by atoms with Crippen molar-refractivity contribution in [1.82, 2.24) is 9.47 Å². The molecule has 6 rings (SSSR count). The second-order valence-corrected chi connectivity index (χ2v) is 12.9. The zero-order chi connectivity index (χ0) is 34.9. The molecule has 50 heavy (non-hydrogen) atoms. The van der Waals surface area contributed by atoms with Gasteiger partial charge in [0.05, 0.1) is 25.1 Å². The van der Waals surface area contributed by atoms with E-state index in [0.29, 0.717) is 48.0 Å². The smallest absolute Gasteiger partial charge is 0.303 e. The molecule has 1 aromatic heterocycles. The van der Waals surface area contributed by atoms with Crippen molar-refractivity contribution in [3.63, 3.8) is 0 Å². The maximum Gasteiger partial charge on any atom is 0.303 e. The molecule has 0 bridgehead atoms. The molecule has 2 N–H and O–H groups in total. The number of carbonyl (C=O) groups is 2. The van der Waals surface area contributed by atoms with Crippen LogP contribution in [0.3, 0.4) is 0 Å². The lowest BCUT2D eigenvalue weighted by molar-refractivity contribution is -0.137. The number of ketones is 1. The molecule has 0 atom stereocenters. The molecule has 0 saturated carbocycles. The van der Waals surface area contributed by atoms with Gasteiger partial charge in [-0.2, -0.15) is 0 Å². The van der Waals surface area contributed by atoms with Crippen LogP contribution < -0.4 is 19.7 Å². The normalized spacial score (nSPS) is 13.4. The van der Waals surface area contributed by atoms with Crippen LogP contribution in [-0.4, -0.2) is 72.8 Å². The molecule has 2 heterocycles. The summed E-state index contributed by atoms with van der Waals surface area (Å²) in [7, 11) is 1.71. The van der Waals surface area contributed by atoms with Crippen molar-refractivity contribution in [2.24, 2.45) is 0 Å². The summed E-state index contributed by atoms with van der Waals surface area (Å²) in [6, 6.07) is 29.2. The lowest BCUT2D eigenvalue weighted by Crippen LogP contribution is -2.46. The molecule has 0 radical (unpaired) electrons. The van der Waals surface area contributed by atoms with E-state index >= 15 is 0 Å². The van der Waals surface area contributed by atoms with Crippen LogP contribution in [0.15, 0.2) is 97.2 Å². The number of aryl methyl sites for hydroxylation is 1. The summed E-state index contributed by atoms with van der Waals surface area (Å²) in [5.41, 5.74) is 5.02. The topological polar surface area (TPSA) is 96.3 Å². The highest BCUT2D eigenvalue weighted by Gasteiger charge is 2.21. The van der Waals surface area contributed by atoms with Crippen molar-refractivity contribution < 1.29 is 24.2 Å². The third-order valence-electron chi connectivity index (χ3n) is 9.14. The summed E-state index contributed by atoms with van der Waals surface area (Å²) in [6.07, 6.45) is 3.23. The Kier molecular flexibility index (Phi) is 11.6. The van der Waals surface area contributed by atoms with Gasteiger partial charge in [-0.25, -0.2) is 0 Å². The van der Waals surface area contributed by atoms with Crippen LogP contribution in [0.1, 0.15) is 40.7 Å². The number of halogens is 1. The van der Waals surface area contributed by atoms with Crippen molar-refractivity contribution >= 4 is 45.6 Å². The average Bonchev–Trinajstić information content (AvgIpc) is 3.51. The molecule has 1 fully saturated rings. The molecule has 5 aromatic rings. The van der Waals surface area contributed by atoms with E-state index < -0.39 is 5.97 Å². The van der Waals surface area contributed by atoms with Crippen molar-refractivity contribution in [3.8, 4) is 11.5 Å². The molecule has 0 aliphatic carbocycles. The van der Waals surface area contributed by atoms with E-state index in [1.165, 1.54) is 0 Å². The first-order valence-corrected chi connectivity index (χ1v) is 17.5. The third kappa shape index (κ3) is 8.59. The Balaban J connectivity index is 1.14. The van der Waals surface area contributed by atoms with Gasteiger partial charge in [0.25, 0.3) is 0 Å². The minimum atomic E-state index is -0.832. The number of hydrogen-bond donors (Lipinski definition) is 2. The number of rotatable bonds is 16. The fraction of sp³-hybridized carbons (Fsp3) is 0.300. The molecule has 0 amide bonds. The Labute approximate surface area is 298 Å². The first-order chi connectivity index (χ1) is 24.4. The van der Waals surface area contributed by atoms with E-state index in [1.54, 1.807) is 7.11 Å². The number of fused-ring (bicyclic) bond motifs is 1. The number of hydrogen-bond acceptors (Lipinski definition) is 7. The van der Waals surface area contributed by atoms with Gasteiger partial charge in [0, 0.05) is 85.5 Å². The minimum Gasteiger partial charge on any atom is -0.495 e. The van der Waals surface area contributed by atoms with E-state index in [1.807, 2.05) is 95.7 Å². The number of nitrogens with one attached hydrogen (secondary N) is 1. The average molecular weight is 695 g/mol. The fourth-order valence-corrected chi connectivity index (χ4v) is 6.60. The monoisotopic (exact) mass is 694 g/mol.